The summed E-state index contributed by atoms with van der Waals surface area (Å²) in [4.78, 5) is 29.3. The van der Waals surface area contributed by atoms with E-state index in [2.05, 4.69) is 15.4 Å². The number of hydrogen-bond acceptors (Lipinski definition) is 5. The smallest absolute Gasteiger partial charge is 0.363 e. The second kappa shape index (κ2) is 8.38. The predicted molar refractivity (Wildman–Crippen MR) is 94.2 cm³/mol. The minimum absolute atomic E-state index is 0.0383. The molecule has 2 heterocycles. The summed E-state index contributed by atoms with van der Waals surface area (Å²) in [6.07, 6.45) is -1.90. The van der Waals surface area contributed by atoms with Crippen molar-refractivity contribution in [2.75, 3.05) is 25.0 Å². The van der Waals surface area contributed by atoms with Gasteiger partial charge in [0, 0.05) is 19.8 Å². The lowest BCUT2D eigenvalue weighted by Crippen LogP contribution is -2.36. The van der Waals surface area contributed by atoms with Crippen molar-refractivity contribution in [2.45, 2.75) is 19.5 Å². The Labute approximate surface area is 157 Å². The second-order valence-electron chi connectivity index (χ2n) is 5.67. The number of amides is 1. The minimum Gasteiger partial charge on any atom is -0.363 e. The molecule has 0 bridgehead atoms. The molecule has 0 atom stereocenters. The van der Waals surface area contributed by atoms with Crippen molar-refractivity contribution < 1.29 is 18.0 Å². The van der Waals surface area contributed by atoms with Crippen molar-refractivity contribution in [3.05, 3.63) is 45.5 Å². The fraction of sp³-hybridized carbons (Fsp3) is 0.375. The first kappa shape index (κ1) is 20.7. The Morgan fingerprint density at radius 1 is 1.33 bits per heavy atom. The first-order chi connectivity index (χ1) is 12.6. The molecule has 11 heteroatoms. The van der Waals surface area contributed by atoms with Crippen LogP contribution in [0.4, 0.5) is 18.9 Å². The maximum absolute atomic E-state index is 12.6. The molecule has 0 aliphatic carbocycles. The van der Waals surface area contributed by atoms with Crippen LogP contribution in [0.15, 0.2) is 29.3 Å². The van der Waals surface area contributed by atoms with E-state index in [1.54, 1.807) is 7.05 Å². The van der Waals surface area contributed by atoms with Crippen LogP contribution in [0.2, 0.25) is 5.02 Å². The number of alkyl halides is 3. The predicted octanol–water partition coefficient (Wildman–Crippen LogP) is 2.26. The summed E-state index contributed by atoms with van der Waals surface area (Å²) in [5.41, 5.74) is -1.49. The third kappa shape index (κ3) is 4.97. The number of carbonyl (C=O) groups excluding carboxylic acids is 1. The Bertz CT molecular complexity index is 868. The lowest BCUT2D eigenvalue weighted by molar-refractivity contribution is -0.137. The summed E-state index contributed by atoms with van der Waals surface area (Å²) >= 11 is 6.08. The monoisotopic (exact) mass is 403 g/mol. The number of hydrogen-bond donors (Lipinski definition) is 1. The van der Waals surface area contributed by atoms with E-state index in [0.29, 0.717) is 12.7 Å². The topological polar surface area (TPSA) is 80.1 Å². The van der Waals surface area contributed by atoms with Crippen molar-refractivity contribution in [3.63, 3.8) is 0 Å². The molecule has 2 rings (SSSR count). The highest BCUT2D eigenvalue weighted by atomic mass is 35.5. The molecule has 1 amide bonds. The highest BCUT2D eigenvalue weighted by Crippen LogP contribution is 2.28. The fourth-order valence-corrected chi connectivity index (χ4v) is 2.43. The van der Waals surface area contributed by atoms with Crippen molar-refractivity contribution in [3.8, 4) is 5.82 Å². The Balaban J connectivity index is 2.26. The average molecular weight is 404 g/mol. The van der Waals surface area contributed by atoms with Crippen LogP contribution in [0, 0.1) is 0 Å². The molecule has 0 spiro atoms. The van der Waals surface area contributed by atoms with Crippen molar-refractivity contribution in [1.82, 2.24) is 20.1 Å². The van der Waals surface area contributed by atoms with Crippen LogP contribution in [0.5, 0.6) is 0 Å². The molecule has 2 aromatic heterocycles. The summed E-state index contributed by atoms with van der Waals surface area (Å²) in [6, 6.07) is 1.82. The minimum atomic E-state index is -4.54. The van der Waals surface area contributed by atoms with Gasteiger partial charge in [0.1, 0.15) is 5.02 Å². The van der Waals surface area contributed by atoms with Gasteiger partial charge < -0.3 is 10.2 Å². The van der Waals surface area contributed by atoms with Crippen LogP contribution < -0.4 is 15.8 Å². The number of halogens is 4. The Kier molecular flexibility index (Phi) is 6.42. The molecule has 0 aromatic carbocycles. The van der Waals surface area contributed by atoms with E-state index in [1.807, 2.05) is 6.92 Å². The summed E-state index contributed by atoms with van der Waals surface area (Å²) in [6.45, 7) is 2.41. The molecule has 7 nitrogen and oxygen atoms in total. The van der Waals surface area contributed by atoms with Crippen molar-refractivity contribution in [1.29, 1.82) is 0 Å². The maximum atomic E-state index is 12.6. The molecule has 0 fully saturated rings. The van der Waals surface area contributed by atoms with Gasteiger partial charge in [-0.1, -0.05) is 18.5 Å². The lowest BCUT2D eigenvalue weighted by atomic mass is 10.3. The summed E-state index contributed by atoms with van der Waals surface area (Å²) in [5.74, 6) is -0.353. The zero-order valence-corrected chi connectivity index (χ0v) is 15.3. The molecule has 0 aliphatic rings. The van der Waals surface area contributed by atoms with E-state index in [-0.39, 0.29) is 29.0 Å². The van der Waals surface area contributed by atoms with Gasteiger partial charge in [-0.3, -0.25) is 9.59 Å². The van der Waals surface area contributed by atoms with Crippen LogP contribution in [0.3, 0.4) is 0 Å². The third-order valence-corrected chi connectivity index (χ3v) is 3.91. The van der Waals surface area contributed by atoms with Crippen molar-refractivity contribution >= 4 is 23.2 Å². The number of anilines is 1. The molecule has 27 heavy (non-hydrogen) atoms. The van der Waals surface area contributed by atoms with Crippen LogP contribution in [-0.2, 0) is 11.0 Å². The standard InChI is InChI=1S/C16H17ClF3N5O2/c1-3-6-21-13(26)9-24(2)11-8-23-25(15(27)14(11)17)12-5-4-10(7-22-12)16(18,19)20/h4-5,7-8H,3,6,9H2,1-2H3,(H,21,26). The van der Waals surface area contributed by atoms with E-state index in [1.165, 1.54) is 11.1 Å². The summed E-state index contributed by atoms with van der Waals surface area (Å²) < 4.78 is 38.6. The first-order valence-electron chi connectivity index (χ1n) is 7.94. The highest BCUT2D eigenvalue weighted by molar-refractivity contribution is 6.33. The maximum Gasteiger partial charge on any atom is 0.417 e. The molecule has 2 aromatic rings. The van der Waals surface area contributed by atoms with Gasteiger partial charge >= 0.3 is 6.18 Å². The molecule has 146 valence electrons. The number of pyridine rings is 1. The Hall–Kier alpha value is -2.62. The van der Waals surface area contributed by atoms with E-state index in [4.69, 9.17) is 11.6 Å². The third-order valence-electron chi connectivity index (χ3n) is 3.56. The number of nitrogens with one attached hydrogen (secondary N) is 1. The van der Waals surface area contributed by atoms with Gasteiger partial charge in [0.25, 0.3) is 5.56 Å². The number of likely N-dealkylation sites (N-methyl/N-ethyl adjacent to an activating group) is 1. The van der Waals surface area contributed by atoms with Crippen LogP contribution in [-0.4, -0.2) is 40.8 Å². The zero-order chi connectivity index (χ0) is 20.2. The summed E-state index contributed by atoms with van der Waals surface area (Å²) in [5, 5.41) is 6.36. The molecule has 0 radical (unpaired) electrons. The molecule has 1 N–H and O–H groups in total. The quantitative estimate of drug-likeness (QED) is 0.800. The zero-order valence-electron chi connectivity index (χ0n) is 14.5. The van der Waals surface area contributed by atoms with E-state index >= 15 is 0 Å². The van der Waals surface area contributed by atoms with E-state index < -0.39 is 17.3 Å². The molecule has 0 aliphatic heterocycles. The van der Waals surface area contributed by atoms with Gasteiger partial charge in [-0.05, 0) is 18.6 Å². The Morgan fingerprint density at radius 3 is 2.59 bits per heavy atom. The van der Waals surface area contributed by atoms with Gasteiger partial charge in [-0.15, -0.1) is 0 Å². The fourth-order valence-electron chi connectivity index (χ4n) is 2.15. The van der Waals surface area contributed by atoms with E-state index in [9.17, 15) is 22.8 Å². The van der Waals surface area contributed by atoms with E-state index in [0.717, 1.165) is 23.2 Å². The number of carbonyl (C=O) groups is 1. The normalized spacial score (nSPS) is 11.3. The Morgan fingerprint density at radius 2 is 2.04 bits per heavy atom. The van der Waals surface area contributed by atoms with Gasteiger partial charge in [0.15, 0.2) is 5.82 Å². The van der Waals surface area contributed by atoms with Gasteiger partial charge in [-0.2, -0.15) is 23.0 Å². The molecule has 0 unspecified atom stereocenters. The highest BCUT2D eigenvalue weighted by Gasteiger charge is 2.30. The summed E-state index contributed by atoms with van der Waals surface area (Å²) in [7, 11) is 1.56. The van der Waals surface area contributed by atoms with Crippen LogP contribution in [0.1, 0.15) is 18.9 Å². The van der Waals surface area contributed by atoms with Crippen LogP contribution in [0.25, 0.3) is 5.82 Å². The number of rotatable bonds is 6. The average Bonchev–Trinajstić information content (AvgIpc) is 2.61. The molecule has 0 saturated heterocycles. The van der Waals surface area contributed by atoms with Crippen molar-refractivity contribution in [2.24, 2.45) is 0 Å². The van der Waals surface area contributed by atoms with Gasteiger partial charge in [-0.25, -0.2) is 4.98 Å². The lowest BCUT2D eigenvalue weighted by Gasteiger charge is -2.19. The second-order valence-corrected chi connectivity index (χ2v) is 6.05. The number of aromatic nitrogens is 3. The largest absolute Gasteiger partial charge is 0.417 e. The molecular formula is C16H17ClF3N5O2. The SMILES string of the molecule is CCCNC(=O)CN(C)c1cnn(-c2ccc(C(F)(F)F)cn2)c(=O)c1Cl. The van der Waals surface area contributed by atoms with Gasteiger partial charge in [0.2, 0.25) is 5.91 Å². The van der Waals surface area contributed by atoms with Crippen LogP contribution >= 0.6 is 11.6 Å². The molecule has 0 saturated carbocycles. The van der Waals surface area contributed by atoms with Gasteiger partial charge in [0.05, 0.1) is 24.0 Å². The molecular weight excluding hydrogens is 387 g/mol. The number of nitrogens with zero attached hydrogens (tertiary/aromatic N) is 4. The first-order valence-corrected chi connectivity index (χ1v) is 8.32.